The molecule has 6 heteroatoms. The monoisotopic (exact) mass is 295 g/mol. The molecule has 2 aromatic rings. The van der Waals surface area contributed by atoms with Gasteiger partial charge in [0.05, 0.1) is 16.8 Å². The summed E-state index contributed by atoms with van der Waals surface area (Å²) >= 11 is 7.35. The molecule has 3 N–H and O–H groups in total. The molecule has 2 rings (SSSR count). The number of halogens is 1. The molecule has 1 aromatic carbocycles. The van der Waals surface area contributed by atoms with Gasteiger partial charge in [-0.1, -0.05) is 11.6 Å². The molecule has 0 aliphatic heterocycles. The standard InChI is InChI=1S/C13H14ClN3OS/c1-7-6-19-13(16-7)8(2)17-12(18)9-3-4-10(14)11(15)5-9/h3-6,8H,15H2,1-2H3,(H,17,18). The quantitative estimate of drug-likeness (QED) is 0.855. The lowest BCUT2D eigenvalue weighted by molar-refractivity contribution is 0.0940. The zero-order valence-electron chi connectivity index (χ0n) is 10.6. The van der Waals surface area contributed by atoms with Gasteiger partial charge in [-0.3, -0.25) is 4.79 Å². The summed E-state index contributed by atoms with van der Waals surface area (Å²) in [7, 11) is 0. The van der Waals surface area contributed by atoms with Gasteiger partial charge in [0, 0.05) is 16.6 Å². The van der Waals surface area contributed by atoms with Crippen molar-refractivity contribution in [3.8, 4) is 0 Å². The number of benzene rings is 1. The van der Waals surface area contributed by atoms with Crippen LogP contribution in [0, 0.1) is 6.92 Å². The summed E-state index contributed by atoms with van der Waals surface area (Å²) in [5.41, 5.74) is 7.52. The van der Waals surface area contributed by atoms with Gasteiger partial charge < -0.3 is 11.1 Å². The number of nitrogen functional groups attached to an aromatic ring is 1. The van der Waals surface area contributed by atoms with Gasteiger partial charge in [0.15, 0.2) is 0 Å². The molecule has 0 saturated carbocycles. The number of amides is 1. The highest BCUT2D eigenvalue weighted by Gasteiger charge is 2.14. The van der Waals surface area contributed by atoms with Crippen LogP contribution >= 0.6 is 22.9 Å². The van der Waals surface area contributed by atoms with E-state index in [9.17, 15) is 4.79 Å². The highest BCUT2D eigenvalue weighted by Crippen LogP contribution is 2.21. The SMILES string of the molecule is Cc1csc(C(C)NC(=O)c2ccc(Cl)c(N)c2)n1. The normalized spacial score (nSPS) is 12.2. The molecule has 0 aliphatic carbocycles. The first-order chi connectivity index (χ1) is 8.97. The topological polar surface area (TPSA) is 68.0 Å². The fourth-order valence-corrected chi connectivity index (χ4v) is 2.52. The van der Waals surface area contributed by atoms with Gasteiger partial charge in [-0.25, -0.2) is 4.98 Å². The second-order valence-corrected chi connectivity index (χ2v) is 5.56. The first kappa shape index (κ1) is 13.8. The molecule has 19 heavy (non-hydrogen) atoms. The molecule has 0 aliphatic rings. The van der Waals surface area contributed by atoms with Gasteiger partial charge in [0.2, 0.25) is 0 Å². The lowest BCUT2D eigenvalue weighted by Crippen LogP contribution is -2.26. The van der Waals surface area contributed by atoms with E-state index in [1.165, 1.54) is 11.3 Å². The molecule has 0 saturated heterocycles. The van der Waals surface area contributed by atoms with Gasteiger partial charge in [0.25, 0.3) is 5.91 Å². The average Bonchev–Trinajstić information content (AvgIpc) is 2.79. The van der Waals surface area contributed by atoms with E-state index < -0.39 is 0 Å². The van der Waals surface area contributed by atoms with Crippen LogP contribution in [0.15, 0.2) is 23.6 Å². The van der Waals surface area contributed by atoms with E-state index in [0.29, 0.717) is 16.3 Å². The second-order valence-electron chi connectivity index (χ2n) is 4.26. The van der Waals surface area contributed by atoms with Crippen LogP contribution in [-0.2, 0) is 0 Å². The zero-order chi connectivity index (χ0) is 14.0. The Morgan fingerprint density at radius 1 is 1.53 bits per heavy atom. The minimum atomic E-state index is -0.191. The lowest BCUT2D eigenvalue weighted by atomic mass is 10.2. The average molecular weight is 296 g/mol. The van der Waals surface area contributed by atoms with Crippen molar-refractivity contribution in [2.45, 2.75) is 19.9 Å². The maximum absolute atomic E-state index is 12.1. The summed E-state index contributed by atoms with van der Waals surface area (Å²) in [6, 6.07) is 4.69. The second kappa shape index (κ2) is 5.59. The van der Waals surface area contributed by atoms with E-state index in [-0.39, 0.29) is 11.9 Å². The summed E-state index contributed by atoms with van der Waals surface area (Å²) in [6.07, 6.45) is 0. The number of hydrogen-bond donors (Lipinski definition) is 2. The predicted octanol–water partition coefficient (Wildman–Crippen LogP) is 3.18. The van der Waals surface area contributed by atoms with Crippen molar-refractivity contribution in [2.24, 2.45) is 0 Å². The molecule has 100 valence electrons. The number of hydrogen-bond acceptors (Lipinski definition) is 4. The summed E-state index contributed by atoms with van der Waals surface area (Å²) in [6.45, 7) is 3.82. The highest BCUT2D eigenvalue weighted by molar-refractivity contribution is 7.09. The molecular formula is C13H14ClN3OS. The van der Waals surface area contributed by atoms with Gasteiger partial charge in [0.1, 0.15) is 5.01 Å². The Morgan fingerprint density at radius 3 is 2.84 bits per heavy atom. The van der Waals surface area contributed by atoms with Crippen molar-refractivity contribution in [3.05, 3.63) is 44.9 Å². The molecule has 0 fully saturated rings. The number of anilines is 1. The van der Waals surface area contributed by atoms with Crippen molar-refractivity contribution < 1.29 is 4.79 Å². The van der Waals surface area contributed by atoms with E-state index in [2.05, 4.69) is 10.3 Å². The van der Waals surface area contributed by atoms with Crippen molar-refractivity contribution >= 4 is 34.5 Å². The van der Waals surface area contributed by atoms with Crippen LogP contribution in [0.5, 0.6) is 0 Å². The fraction of sp³-hybridized carbons (Fsp3) is 0.231. The van der Waals surface area contributed by atoms with Crippen LogP contribution in [-0.4, -0.2) is 10.9 Å². The van der Waals surface area contributed by atoms with Crippen LogP contribution in [0.1, 0.15) is 34.0 Å². The van der Waals surface area contributed by atoms with Crippen LogP contribution in [0.3, 0.4) is 0 Å². The zero-order valence-corrected chi connectivity index (χ0v) is 12.2. The first-order valence-electron chi connectivity index (χ1n) is 5.75. The molecule has 1 aromatic heterocycles. The highest BCUT2D eigenvalue weighted by atomic mass is 35.5. The van der Waals surface area contributed by atoms with E-state index in [1.54, 1.807) is 18.2 Å². The van der Waals surface area contributed by atoms with Gasteiger partial charge in [-0.05, 0) is 32.0 Å². The third-order valence-corrected chi connectivity index (χ3v) is 4.10. The lowest BCUT2D eigenvalue weighted by Gasteiger charge is -2.11. The number of nitrogens with one attached hydrogen (secondary N) is 1. The minimum absolute atomic E-state index is 0.136. The van der Waals surface area contributed by atoms with Crippen LogP contribution in [0.2, 0.25) is 5.02 Å². The number of aryl methyl sites for hydroxylation is 1. The maximum Gasteiger partial charge on any atom is 0.251 e. The number of thiazole rings is 1. The third kappa shape index (κ3) is 3.24. The molecular weight excluding hydrogens is 282 g/mol. The summed E-state index contributed by atoms with van der Waals surface area (Å²) in [5, 5.41) is 6.17. The number of carbonyl (C=O) groups is 1. The van der Waals surface area contributed by atoms with Gasteiger partial charge in [-0.15, -0.1) is 11.3 Å². The summed E-state index contributed by atoms with van der Waals surface area (Å²) in [4.78, 5) is 16.4. The van der Waals surface area contributed by atoms with Crippen molar-refractivity contribution in [1.29, 1.82) is 0 Å². The van der Waals surface area contributed by atoms with Gasteiger partial charge >= 0.3 is 0 Å². The van der Waals surface area contributed by atoms with Gasteiger partial charge in [-0.2, -0.15) is 0 Å². The van der Waals surface area contributed by atoms with Crippen molar-refractivity contribution in [3.63, 3.8) is 0 Å². The first-order valence-corrected chi connectivity index (χ1v) is 7.01. The van der Waals surface area contributed by atoms with Crippen molar-refractivity contribution in [1.82, 2.24) is 10.3 Å². The number of nitrogens with two attached hydrogens (primary N) is 1. The predicted molar refractivity (Wildman–Crippen MR) is 78.6 cm³/mol. The van der Waals surface area contributed by atoms with Crippen LogP contribution in [0.25, 0.3) is 0 Å². The molecule has 0 spiro atoms. The number of rotatable bonds is 3. The molecule has 1 amide bonds. The fourth-order valence-electron chi connectivity index (χ4n) is 1.60. The van der Waals surface area contributed by atoms with Crippen molar-refractivity contribution in [2.75, 3.05) is 5.73 Å². The summed E-state index contributed by atoms with van der Waals surface area (Å²) < 4.78 is 0. The Balaban J connectivity index is 2.10. The molecule has 1 heterocycles. The Morgan fingerprint density at radius 2 is 2.26 bits per heavy atom. The van der Waals surface area contributed by atoms with E-state index in [1.807, 2.05) is 19.2 Å². The molecule has 4 nitrogen and oxygen atoms in total. The van der Waals surface area contributed by atoms with E-state index >= 15 is 0 Å². The van der Waals surface area contributed by atoms with E-state index in [0.717, 1.165) is 10.7 Å². The number of aromatic nitrogens is 1. The smallest absolute Gasteiger partial charge is 0.251 e. The Labute approximate surface area is 120 Å². The Hall–Kier alpha value is -1.59. The molecule has 1 atom stereocenters. The summed E-state index contributed by atoms with van der Waals surface area (Å²) in [5.74, 6) is -0.191. The number of carbonyl (C=O) groups excluding carboxylic acids is 1. The molecule has 0 radical (unpaired) electrons. The Bertz CT molecular complexity index is 612. The maximum atomic E-state index is 12.1. The van der Waals surface area contributed by atoms with E-state index in [4.69, 9.17) is 17.3 Å². The van der Waals surface area contributed by atoms with Crippen LogP contribution in [0.4, 0.5) is 5.69 Å². The molecule has 0 bridgehead atoms. The Kier molecular flexibility index (Phi) is 4.07. The third-order valence-electron chi connectivity index (χ3n) is 2.61. The minimum Gasteiger partial charge on any atom is -0.398 e. The molecule has 1 unspecified atom stereocenters. The number of nitrogens with zero attached hydrogens (tertiary/aromatic N) is 1. The largest absolute Gasteiger partial charge is 0.398 e. The van der Waals surface area contributed by atoms with Crippen LogP contribution < -0.4 is 11.1 Å².